The third-order valence-electron chi connectivity index (χ3n) is 3.66. The molecule has 0 amide bonds. The van der Waals surface area contributed by atoms with Gasteiger partial charge in [-0.15, -0.1) is 11.6 Å². The van der Waals surface area contributed by atoms with Gasteiger partial charge < -0.3 is 0 Å². The van der Waals surface area contributed by atoms with Crippen LogP contribution in [0.1, 0.15) is 47.8 Å². The molecule has 1 fully saturated rings. The molecule has 0 bridgehead atoms. The Labute approximate surface area is 97.6 Å². The number of alkyl halides is 1. The fourth-order valence-electron chi connectivity index (χ4n) is 2.46. The topological polar surface area (TPSA) is 0 Å². The molecule has 1 aromatic rings. The molecular weight excluding hydrogens is 204 g/mol. The van der Waals surface area contributed by atoms with Gasteiger partial charge in [0.05, 0.1) is 5.38 Å². The van der Waals surface area contributed by atoms with Crippen LogP contribution in [-0.2, 0) is 0 Å². The summed E-state index contributed by atoms with van der Waals surface area (Å²) in [5.74, 6) is 0.703. The van der Waals surface area contributed by atoms with Crippen LogP contribution in [0, 0.1) is 19.8 Å². The first kappa shape index (κ1) is 11.0. The van der Waals surface area contributed by atoms with E-state index in [-0.39, 0.29) is 5.38 Å². The van der Waals surface area contributed by atoms with Gasteiger partial charge in [-0.3, -0.25) is 0 Å². The van der Waals surface area contributed by atoms with Gasteiger partial charge in [-0.05, 0) is 49.3 Å². The normalized spacial score (nSPS) is 19.4. The minimum absolute atomic E-state index is 0.229. The van der Waals surface area contributed by atoms with E-state index in [9.17, 15) is 0 Å². The Morgan fingerprint density at radius 3 is 2.40 bits per heavy atom. The SMILES string of the molecule is Cc1ccc(C(Cl)C2CCCC2)cc1C. The van der Waals surface area contributed by atoms with Crippen LogP contribution < -0.4 is 0 Å². The van der Waals surface area contributed by atoms with Gasteiger partial charge in [0.15, 0.2) is 0 Å². The second-order valence-electron chi connectivity index (χ2n) is 4.79. The summed E-state index contributed by atoms with van der Waals surface area (Å²) in [6.45, 7) is 4.31. The van der Waals surface area contributed by atoms with Crippen molar-refractivity contribution >= 4 is 11.6 Å². The lowest BCUT2D eigenvalue weighted by Crippen LogP contribution is -2.03. The molecule has 0 saturated heterocycles. The Kier molecular flexibility index (Phi) is 3.35. The lowest BCUT2D eigenvalue weighted by atomic mass is 9.95. The van der Waals surface area contributed by atoms with Crippen LogP contribution in [0.3, 0.4) is 0 Å². The molecule has 1 saturated carbocycles. The summed E-state index contributed by atoms with van der Waals surface area (Å²) in [5, 5.41) is 0.229. The molecule has 0 N–H and O–H groups in total. The molecule has 1 aromatic carbocycles. The van der Waals surface area contributed by atoms with E-state index in [4.69, 9.17) is 11.6 Å². The highest BCUT2D eigenvalue weighted by Crippen LogP contribution is 2.40. The quantitative estimate of drug-likeness (QED) is 0.633. The minimum atomic E-state index is 0.229. The fourth-order valence-corrected chi connectivity index (χ4v) is 2.85. The van der Waals surface area contributed by atoms with Crippen LogP contribution in [0.5, 0.6) is 0 Å². The molecule has 0 aliphatic heterocycles. The van der Waals surface area contributed by atoms with Gasteiger partial charge in [-0.2, -0.15) is 0 Å². The summed E-state index contributed by atoms with van der Waals surface area (Å²) < 4.78 is 0. The van der Waals surface area contributed by atoms with Crippen LogP contribution >= 0.6 is 11.6 Å². The van der Waals surface area contributed by atoms with Crippen molar-refractivity contribution in [1.82, 2.24) is 0 Å². The zero-order chi connectivity index (χ0) is 10.8. The molecule has 1 unspecified atom stereocenters. The Morgan fingerprint density at radius 1 is 1.13 bits per heavy atom. The van der Waals surface area contributed by atoms with Gasteiger partial charge >= 0.3 is 0 Å². The van der Waals surface area contributed by atoms with Crippen molar-refractivity contribution in [3.05, 3.63) is 34.9 Å². The average Bonchev–Trinajstić information content (AvgIpc) is 2.74. The van der Waals surface area contributed by atoms with E-state index in [2.05, 4.69) is 32.0 Å². The maximum absolute atomic E-state index is 6.54. The number of hydrogen-bond acceptors (Lipinski definition) is 0. The lowest BCUT2D eigenvalue weighted by molar-refractivity contribution is 0.528. The van der Waals surface area contributed by atoms with Gasteiger partial charge in [0.2, 0.25) is 0 Å². The molecule has 0 radical (unpaired) electrons. The van der Waals surface area contributed by atoms with Crippen molar-refractivity contribution in [2.45, 2.75) is 44.9 Å². The smallest absolute Gasteiger partial charge is 0.0613 e. The van der Waals surface area contributed by atoms with E-state index in [1.54, 1.807) is 0 Å². The van der Waals surface area contributed by atoms with Gasteiger partial charge in [-0.25, -0.2) is 0 Å². The van der Waals surface area contributed by atoms with Crippen molar-refractivity contribution < 1.29 is 0 Å². The van der Waals surface area contributed by atoms with Crippen LogP contribution in [0.15, 0.2) is 18.2 Å². The summed E-state index contributed by atoms with van der Waals surface area (Å²) >= 11 is 6.54. The fraction of sp³-hybridized carbons (Fsp3) is 0.571. The summed E-state index contributed by atoms with van der Waals surface area (Å²) in [5.41, 5.74) is 4.02. The second kappa shape index (κ2) is 4.57. The van der Waals surface area contributed by atoms with Crippen molar-refractivity contribution in [1.29, 1.82) is 0 Å². The molecule has 2 rings (SSSR count). The third-order valence-corrected chi connectivity index (χ3v) is 4.27. The summed E-state index contributed by atoms with van der Waals surface area (Å²) in [4.78, 5) is 0. The average molecular weight is 223 g/mol. The lowest BCUT2D eigenvalue weighted by Gasteiger charge is -2.18. The number of halogens is 1. The molecule has 0 aromatic heterocycles. The summed E-state index contributed by atoms with van der Waals surface area (Å²) in [6.07, 6.45) is 5.33. The number of hydrogen-bond donors (Lipinski definition) is 0. The van der Waals surface area contributed by atoms with Crippen LogP contribution in [0.4, 0.5) is 0 Å². The van der Waals surface area contributed by atoms with E-state index in [1.807, 2.05) is 0 Å². The van der Waals surface area contributed by atoms with E-state index >= 15 is 0 Å². The predicted molar refractivity (Wildman–Crippen MR) is 66.5 cm³/mol. The van der Waals surface area contributed by atoms with Crippen molar-refractivity contribution in [2.75, 3.05) is 0 Å². The highest BCUT2D eigenvalue weighted by Gasteiger charge is 2.24. The molecule has 82 valence electrons. The molecule has 1 aliphatic carbocycles. The first-order chi connectivity index (χ1) is 7.18. The largest absolute Gasteiger partial charge is 0.118 e. The number of benzene rings is 1. The van der Waals surface area contributed by atoms with Gasteiger partial charge in [-0.1, -0.05) is 31.0 Å². The number of aryl methyl sites for hydroxylation is 2. The van der Waals surface area contributed by atoms with Crippen LogP contribution in [0.2, 0.25) is 0 Å². The van der Waals surface area contributed by atoms with Gasteiger partial charge in [0, 0.05) is 0 Å². The monoisotopic (exact) mass is 222 g/mol. The molecule has 0 nitrogen and oxygen atoms in total. The van der Waals surface area contributed by atoms with E-state index in [0.717, 1.165) is 0 Å². The Balaban J connectivity index is 2.17. The molecular formula is C14H19Cl. The van der Waals surface area contributed by atoms with E-state index in [1.165, 1.54) is 42.4 Å². The molecule has 0 heterocycles. The minimum Gasteiger partial charge on any atom is -0.118 e. The molecule has 0 spiro atoms. The zero-order valence-corrected chi connectivity index (χ0v) is 10.3. The van der Waals surface area contributed by atoms with Crippen LogP contribution in [-0.4, -0.2) is 0 Å². The van der Waals surface area contributed by atoms with Crippen molar-refractivity contribution in [3.63, 3.8) is 0 Å². The second-order valence-corrected chi connectivity index (χ2v) is 5.26. The van der Waals surface area contributed by atoms with E-state index in [0.29, 0.717) is 5.92 Å². The first-order valence-corrected chi connectivity index (χ1v) is 6.33. The maximum Gasteiger partial charge on any atom is 0.0613 e. The summed E-state index contributed by atoms with van der Waals surface area (Å²) in [6, 6.07) is 6.64. The van der Waals surface area contributed by atoms with Gasteiger partial charge in [0.25, 0.3) is 0 Å². The Bertz CT molecular complexity index is 337. The maximum atomic E-state index is 6.54. The van der Waals surface area contributed by atoms with Crippen molar-refractivity contribution in [3.8, 4) is 0 Å². The highest BCUT2D eigenvalue weighted by atomic mass is 35.5. The molecule has 1 atom stereocenters. The third kappa shape index (κ3) is 2.36. The zero-order valence-electron chi connectivity index (χ0n) is 9.59. The van der Waals surface area contributed by atoms with Gasteiger partial charge in [0.1, 0.15) is 0 Å². The summed E-state index contributed by atoms with van der Waals surface area (Å²) in [7, 11) is 0. The molecule has 1 aliphatic rings. The molecule has 15 heavy (non-hydrogen) atoms. The van der Waals surface area contributed by atoms with E-state index < -0.39 is 0 Å². The standard InChI is InChI=1S/C14H19Cl/c1-10-7-8-13(9-11(10)2)14(15)12-5-3-4-6-12/h7-9,12,14H,3-6H2,1-2H3. The Hall–Kier alpha value is -0.490. The first-order valence-electron chi connectivity index (χ1n) is 5.89. The predicted octanol–water partition coefficient (Wildman–Crippen LogP) is 4.77. The van der Waals surface area contributed by atoms with Crippen LogP contribution in [0.25, 0.3) is 0 Å². The highest BCUT2D eigenvalue weighted by molar-refractivity contribution is 6.21. The number of rotatable bonds is 2. The Morgan fingerprint density at radius 2 is 1.80 bits per heavy atom. The van der Waals surface area contributed by atoms with Crippen molar-refractivity contribution in [2.24, 2.45) is 5.92 Å². The molecule has 1 heteroatoms.